The van der Waals surface area contributed by atoms with Crippen molar-refractivity contribution in [2.75, 3.05) is 5.32 Å². The van der Waals surface area contributed by atoms with Gasteiger partial charge in [-0.1, -0.05) is 0 Å². The Labute approximate surface area is 105 Å². The van der Waals surface area contributed by atoms with Gasteiger partial charge in [-0.15, -0.1) is 0 Å². The number of nitrogens with one attached hydrogen (secondary N) is 1. The number of furan rings is 1. The number of amides is 1. The van der Waals surface area contributed by atoms with Gasteiger partial charge in [-0.3, -0.25) is 9.48 Å². The molecule has 0 aromatic carbocycles. The van der Waals surface area contributed by atoms with Crippen molar-refractivity contribution in [1.82, 2.24) is 9.78 Å². The topological polar surface area (TPSA) is 83.9 Å². The molecule has 86 valence electrons. The van der Waals surface area contributed by atoms with Crippen LogP contribution in [0.3, 0.4) is 0 Å². The summed E-state index contributed by atoms with van der Waals surface area (Å²) < 4.78 is 6.98. The Balaban J connectivity index is 2.24. The average molecular weight is 295 g/mol. The van der Waals surface area contributed by atoms with E-state index in [1.807, 2.05) is 6.07 Å². The number of carbonyl (C=O) groups excluding carboxylic acids is 1. The molecule has 0 aliphatic rings. The van der Waals surface area contributed by atoms with Crippen molar-refractivity contribution in [1.29, 1.82) is 5.26 Å². The first-order valence-electron chi connectivity index (χ1n) is 4.60. The molecular formula is C10H7BrN4O2. The van der Waals surface area contributed by atoms with E-state index < -0.39 is 5.91 Å². The van der Waals surface area contributed by atoms with Crippen LogP contribution in [-0.2, 0) is 7.05 Å². The second-order valence-corrected chi connectivity index (χ2v) is 3.98. The van der Waals surface area contributed by atoms with Crippen LogP contribution in [0.5, 0.6) is 0 Å². The molecule has 0 atom stereocenters. The van der Waals surface area contributed by atoms with Crippen molar-refractivity contribution < 1.29 is 9.21 Å². The lowest BCUT2D eigenvalue weighted by molar-refractivity contribution is 0.0994. The summed E-state index contributed by atoms with van der Waals surface area (Å²) in [6.07, 6.45) is 1.38. The Hall–Kier alpha value is -2.07. The monoisotopic (exact) mass is 294 g/mol. The van der Waals surface area contributed by atoms with Gasteiger partial charge in [-0.25, -0.2) is 0 Å². The predicted molar refractivity (Wildman–Crippen MR) is 62.3 cm³/mol. The minimum Gasteiger partial charge on any atom is -0.444 e. The van der Waals surface area contributed by atoms with Gasteiger partial charge in [0.25, 0.3) is 5.91 Å². The van der Waals surface area contributed by atoms with Gasteiger partial charge in [-0.2, -0.15) is 10.4 Å². The predicted octanol–water partition coefficient (Wildman–Crippen LogP) is 1.90. The van der Waals surface area contributed by atoms with Crippen molar-refractivity contribution in [3.8, 4) is 6.07 Å². The summed E-state index contributed by atoms with van der Waals surface area (Å²) >= 11 is 3.10. The molecule has 0 radical (unpaired) electrons. The quantitative estimate of drug-likeness (QED) is 0.917. The molecule has 2 heterocycles. The molecule has 6 nitrogen and oxygen atoms in total. The van der Waals surface area contributed by atoms with Gasteiger partial charge in [0.15, 0.2) is 10.4 Å². The molecule has 0 saturated carbocycles. The minimum atomic E-state index is -0.434. The highest BCUT2D eigenvalue weighted by Gasteiger charge is 2.15. The third-order valence-corrected chi connectivity index (χ3v) is 2.51. The summed E-state index contributed by atoms with van der Waals surface area (Å²) in [7, 11) is 1.63. The number of aryl methyl sites for hydroxylation is 1. The number of carbonyl (C=O) groups is 1. The third-order valence-electron chi connectivity index (χ3n) is 2.09. The lowest BCUT2D eigenvalue weighted by Crippen LogP contribution is -2.14. The first kappa shape index (κ1) is 11.4. The first-order valence-corrected chi connectivity index (χ1v) is 5.40. The molecular weight excluding hydrogens is 288 g/mol. The van der Waals surface area contributed by atoms with Crippen molar-refractivity contribution >= 4 is 27.7 Å². The van der Waals surface area contributed by atoms with E-state index in [-0.39, 0.29) is 5.76 Å². The second kappa shape index (κ2) is 4.43. The highest BCUT2D eigenvalue weighted by atomic mass is 79.9. The Morgan fingerprint density at radius 2 is 2.41 bits per heavy atom. The average Bonchev–Trinajstić information content (AvgIpc) is 2.87. The van der Waals surface area contributed by atoms with Crippen molar-refractivity contribution in [2.45, 2.75) is 0 Å². The molecule has 7 heteroatoms. The number of nitriles is 1. The summed E-state index contributed by atoms with van der Waals surface area (Å²) in [5, 5.41) is 15.3. The molecule has 2 rings (SSSR count). The van der Waals surface area contributed by atoms with Crippen LogP contribution >= 0.6 is 15.9 Å². The first-order chi connectivity index (χ1) is 8.11. The Bertz CT molecular complexity index is 608. The highest BCUT2D eigenvalue weighted by molar-refractivity contribution is 9.10. The zero-order valence-corrected chi connectivity index (χ0v) is 10.4. The summed E-state index contributed by atoms with van der Waals surface area (Å²) in [5.41, 5.74) is 0.298. The normalized spacial score (nSPS) is 9.94. The van der Waals surface area contributed by atoms with Crippen molar-refractivity contribution in [2.24, 2.45) is 7.05 Å². The molecule has 2 aromatic rings. The van der Waals surface area contributed by atoms with E-state index in [4.69, 9.17) is 9.68 Å². The fraction of sp³-hybridized carbons (Fsp3) is 0.100. The van der Waals surface area contributed by atoms with Crippen LogP contribution < -0.4 is 5.32 Å². The molecule has 0 unspecified atom stereocenters. The van der Waals surface area contributed by atoms with Crippen LogP contribution in [0.15, 0.2) is 27.4 Å². The summed E-state index contributed by atoms with van der Waals surface area (Å²) in [4.78, 5) is 11.8. The van der Waals surface area contributed by atoms with Gasteiger partial charge >= 0.3 is 0 Å². The summed E-state index contributed by atoms with van der Waals surface area (Å²) in [5.74, 6) is 0.0581. The van der Waals surface area contributed by atoms with Crippen LogP contribution in [0.25, 0.3) is 0 Å². The number of hydrogen-bond donors (Lipinski definition) is 1. The van der Waals surface area contributed by atoms with E-state index in [9.17, 15) is 4.79 Å². The van der Waals surface area contributed by atoms with Gasteiger partial charge in [-0.05, 0) is 28.1 Å². The molecule has 1 amide bonds. The maximum atomic E-state index is 11.8. The van der Waals surface area contributed by atoms with Crippen LogP contribution in [0.1, 0.15) is 16.1 Å². The van der Waals surface area contributed by atoms with E-state index in [1.165, 1.54) is 16.9 Å². The molecule has 0 aliphatic carbocycles. The van der Waals surface area contributed by atoms with Crippen LogP contribution in [0.4, 0.5) is 5.82 Å². The molecule has 0 saturated heterocycles. The van der Waals surface area contributed by atoms with Crippen LogP contribution in [0.2, 0.25) is 0 Å². The highest BCUT2D eigenvalue weighted by Crippen LogP contribution is 2.17. The van der Waals surface area contributed by atoms with Crippen molar-refractivity contribution in [3.05, 3.63) is 34.3 Å². The van der Waals surface area contributed by atoms with E-state index >= 15 is 0 Å². The number of nitrogens with zero attached hydrogens (tertiary/aromatic N) is 3. The van der Waals surface area contributed by atoms with Crippen molar-refractivity contribution in [3.63, 3.8) is 0 Å². The lowest BCUT2D eigenvalue weighted by atomic mass is 10.3. The van der Waals surface area contributed by atoms with Gasteiger partial charge < -0.3 is 9.73 Å². The lowest BCUT2D eigenvalue weighted by Gasteiger charge is -2.03. The standard InChI is InChI=1S/C10H7BrN4O2/c1-15-9(6(4-12)5-13-15)14-10(16)7-2-3-8(11)17-7/h2-3,5H,1H3,(H,14,16). The van der Waals surface area contributed by atoms with Crippen LogP contribution in [-0.4, -0.2) is 15.7 Å². The molecule has 0 fully saturated rings. The van der Waals surface area contributed by atoms with Gasteiger partial charge in [0.1, 0.15) is 17.5 Å². The molecule has 2 aromatic heterocycles. The zero-order valence-electron chi connectivity index (χ0n) is 8.77. The molecule has 0 bridgehead atoms. The van der Waals surface area contributed by atoms with Gasteiger partial charge in [0.05, 0.1) is 6.20 Å². The maximum Gasteiger partial charge on any atom is 0.292 e. The second-order valence-electron chi connectivity index (χ2n) is 3.20. The zero-order chi connectivity index (χ0) is 12.4. The minimum absolute atomic E-state index is 0.155. The molecule has 0 spiro atoms. The molecule has 17 heavy (non-hydrogen) atoms. The maximum absolute atomic E-state index is 11.8. The van der Waals surface area contributed by atoms with Gasteiger partial charge in [0, 0.05) is 7.05 Å². The smallest absolute Gasteiger partial charge is 0.292 e. The number of halogens is 1. The van der Waals surface area contributed by atoms with E-state index in [2.05, 4.69) is 26.3 Å². The third kappa shape index (κ3) is 2.21. The number of aromatic nitrogens is 2. The SMILES string of the molecule is Cn1ncc(C#N)c1NC(=O)c1ccc(Br)o1. The van der Waals surface area contributed by atoms with Gasteiger partial charge in [0.2, 0.25) is 0 Å². The largest absolute Gasteiger partial charge is 0.444 e. The fourth-order valence-electron chi connectivity index (χ4n) is 1.27. The Morgan fingerprint density at radius 3 is 3.00 bits per heavy atom. The molecule has 1 N–H and O–H groups in total. The Kier molecular flexibility index (Phi) is 2.97. The van der Waals surface area contributed by atoms with E-state index in [1.54, 1.807) is 13.1 Å². The number of anilines is 1. The van der Waals surface area contributed by atoms with Crippen LogP contribution in [0, 0.1) is 11.3 Å². The van der Waals surface area contributed by atoms with E-state index in [0.717, 1.165) is 0 Å². The number of hydrogen-bond acceptors (Lipinski definition) is 4. The molecule has 0 aliphatic heterocycles. The Morgan fingerprint density at radius 1 is 1.65 bits per heavy atom. The summed E-state index contributed by atoms with van der Waals surface area (Å²) in [6, 6.07) is 5.08. The van der Waals surface area contributed by atoms with E-state index in [0.29, 0.717) is 16.1 Å². The number of rotatable bonds is 2. The summed E-state index contributed by atoms with van der Waals surface area (Å²) in [6.45, 7) is 0. The fourth-order valence-corrected chi connectivity index (χ4v) is 1.58.